The van der Waals surface area contributed by atoms with E-state index < -0.39 is 0 Å². The van der Waals surface area contributed by atoms with E-state index in [9.17, 15) is 0 Å². The third-order valence-electron chi connectivity index (χ3n) is 2.47. The van der Waals surface area contributed by atoms with E-state index in [1.54, 1.807) is 0 Å². The fourth-order valence-electron chi connectivity index (χ4n) is 1.51. The van der Waals surface area contributed by atoms with Gasteiger partial charge in [-0.05, 0) is 18.1 Å². The van der Waals surface area contributed by atoms with Gasteiger partial charge in [-0.15, -0.1) is 0 Å². The van der Waals surface area contributed by atoms with Crippen molar-refractivity contribution in [1.29, 1.82) is 0 Å². The molecule has 0 radical (unpaired) electrons. The predicted molar refractivity (Wildman–Crippen MR) is 69.9 cm³/mol. The van der Waals surface area contributed by atoms with Crippen LogP contribution < -0.4 is 0 Å². The highest BCUT2D eigenvalue weighted by molar-refractivity contribution is 5.98. The molecule has 2 aromatic rings. The van der Waals surface area contributed by atoms with Gasteiger partial charge in [-0.1, -0.05) is 65.8 Å². The SMILES string of the molecule is C/C(=N\OCc1ccccc1)c1ccccc1. The van der Waals surface area contributed by atoms with E-state index in [0.717, 1.165) is 16.8 Å². The van der Waals surface area contributed by atoms with Crippen molar-refractivity contribution in [2.75, 3.05) is 0 Å². The average molecular weight is 225 g/mol. The molecule has 0 fully saturated rings. The zero-order valence-corrected chi connectivity index (χ0v) is 9.84. The summed E-state index contributed by atoms with van der Waals surface area (Å²) < 4.78 is 0. The monoisotopic (exact) mass is 225 g/mol. The summed E-state index contributed by atoms with van der Waals surface area (Å²) in [4.78, 5) is 5.32. The minimum absolute atomic E-state index is 0.505. The van der Waals surface area contributed by atoms with Gasteiger partial charge in [0, 0.05) is 0 Å². The third kappa shape index (κ3) is 3.45. The first-order chi connectivity index (χ1) is 8.36. The molecular weight excluding hydrogens is 210 g/mol. The molecule has 2 nitrogen and oxygen atoms in total. The van der Waals surface area contributed by atoms with Gasteiger partial charge in [-0.25, -0.2) is 0 Å². The highest BCUT2D eigenvalue weighted by atomic mass is 16.6. The van der Waals surface area contributed by atoms with Crippen molar-refractivity contribution in [1.82, 2.24) is 0 Å². The lowest BCUT2D eigenvalue weighted by Gasteiger charge is -2.02. The van der Waals surface area contributed by atoms with Crippen LogP contribution >= 0.6 is 0 Å². The third-order valence-corrected chi connectivity index (χ3v) is 2.47. The summed E-state index contributed by atoms with van der Waals surface area (Å²) in [6.45, 7) is 2.45. The summed E-state index contributed by atoms with van der Waals surface area (Å²) in [5.41, 5.74) is 3.10. The minimum Gasteiger partial charge on any atom is -0.391 e. The second-order valence-electron chi connectivity index (χ2n) is 3.80. The lowest BCUT2D eigenvalue weighted by atomic mass is 10.1. The molecule has 17 heavy (non-hydrogen) atoms. The molecule has 0 aromatic heterocycles. The van der Waals surface area contributed by atoms with Crippen molar-refractivity contribution in [2.45, 2.75) is 13.5 Å². The second-order valence-corrected chi connectivity index (χ2v) is 3.80. The zero-order valence-electron chi connectivity index (χ0n) is 9.84. The molecule has 0 aliphatic rings. The Kier molecular flexibility index (Phi) is 3.92. The van der Waals surface area contributed by atoms with E-state index in [1.165, 1.54) is 0 Å². The van der Waals surface area contributed by atoms with Crippen LogP contribution in [0.1, 0.15) is 18.1 Å². The van der Waals surface area contributed by atoms with Crippen LogP contribution in [-0.2, 0) is 11.4 Å². The van der Waals surface area contributed by atoms with Crippen LogP contribution in [0, 0.1) is 0 Å². The maximum Gasteiger partial charge on any atom is 0.142 e. The molecule has 2 heteroatoms. The number of rotatable bonds is 4. The fourth-order valence-corrected chi connectivity index (χ4v) is 1.51. The van der Waals surface area contributed by atoms with Gasteiger partial charge in [-0.2, -0.15) is 0 Å². The van der Waals surface area contributed by atoms with Gasteiger partial charge in [0.15, 0.2) is 0 Å². The van der Waals surface area contributed by atoms with Crippen molar-refractivity contribution in [3.05, 3.63) is 71.8 Å². The van der Waals surface area contributed by atoms with Crippen LogP contribution in [0.15, 0.2) is 65.8 Å². The molecule has 0 aliphatic heterocycles. The van der Waals surface area contributed by atoms with E-state index in [2.05, 4.69) is 5.16 Å². The molecule has 86 valence electrons. The van der Waals surface area contributed by atoms with Gasteiger partial charge in [0.2, 0.25) is 0 Å². The molecular formula is C15H15NO. The lowest BCUT2D eigenvalue weighted by Crippen LogP contribution is -1.96. The first-order valence-electron chi connectivity index (χ1n) is 5.62. The van der Waals surface area contributed by atoms with E-state index in [-0.39, 0.29) is 0 Å². The predicted octanol–water partition coefficient (Wildman–Crippen LogP) is 3.63. The molecule has 0 bridgehead atoms. The second kappa shape index (κ2) is 5.85. The van der Waals surface area contributed by atoms with Gasteiger partial charge in [0.1, 0.15) is 6.61 Å². The van der Waals surface area contributed by atoms with Crippen LogP contribution in [0.2, 0.25) is 0 Å². The van der Waals surface area contributed by atoms with Crippen LogP contribution in [0.5, 0.6) is 0 Å². The van der Waals surface area contributed by atoms with Gasteiger partial charge in [-0.3, -0.25) is 0 Å². The van der Waals surface area contributed by atoms with Crippen molar-refractivity contribution in [2.24, 2.45) is 5.16 Å². The van der Waals surface area contributed by atoms with Crippen LogP contribution in [0.3, 0.4) is 0 Å². The Morgan fingerprint density at radius 2 is 1.53 bits per heavy atom. The van der Waals surface area contributed by atoms with Crippen molar-refractivity contribution < 1.29 is 4.84 Å². The Balaban J connectivity index is 1.93. The molecule has 0 saturated carbocycles. The summed E-state index contributed by atoms with van der Waals surface area (Å²) in [6, 6.07) is 20.0. The minimum atomic E-state index is 0.505. The maximum absolute atomic E-state index is 5.32. The Bertz CT molecular complexity index is 477. The molecule has 0 heterocycles. The molecule has 0 spiro atoms. The van der Waals surface area contributed by atoms with Gasteiger partial charge >= 0.3 is 0 Å². The molecule has 0 aliphatic carbocycles. The topological polar surface area (TPSA) is 21.6 Å². The first-order valence-corrected chi connectivity index (χ1v) is 5.62. The Labute approximate surface area is 102 Å². The largest absolute Gasteiger partial charge is 0.391 e. The summed E-state index contributed by atoms with van der Waals surface area (Å²) in [7, 11) is 0. The van der Waals surface area contributed by atoms with E-state index >= 15 is 0 Å². The van der Waals surface area contributed by atoms with E-state index in [0.29, 0.717) is 6.61 Å². The lowest BCUT2D eigenvalue weighted by molar-refractivity contribution is 0.130. The molecule has 2 aromatic carbocycles. The quantitative estimate of drug-likeness (QED) is 0.575. The van der Waals surface area contributed by atoms with Crippen LogP contribution in [0.4, 0.5) is 0 Å². The smallest absolute Gasteiger partial charge is 0.142 e. The molecule has 0 N–H and O–H groups in total. The van der Waals surface area contributed by atoms with Crippen molar-refractivity contribution in [3.8, 4) is 0 Å². The van der Waals surface area contributed by atoms with Crippen molar-refractivity contribution >= 4 is 5.71 Å². The summed E-state index contributed by atoms with van der Waals surface area (Å²) in [5, 5.41) is 4.11. The van der Waals surface area contributed by atoms with Crippen molar-refractivity contribution in [3.63, 3.8) is 0 Å². The average Bonchev–Trinajstić information content (AvgIpc) is 2.41. The molecule has 0 amide bonds. The molecule has 0 unspecified atom stereocenters. The number of benzene rings is 2. The maximum atomic E-state index is 5.32. The highest BCUT2D eigenvalue weighted by Crippen LogP contribution is 2.04. The Hall–Kier alpha value is -2.09. The van der Waals surface area contributed by atoms with E-state index in [1.807, 2.05) is 67.6 Å². The summed E-state index contributed by atoms with van der Waals surface area (Å²) >= 11 is 0. The van der Waals surface area contributed by atoms with Crippen LogP contribution in [0.25, 0.3) is 0 Å². The number of nitrogens with zero attached hydrogens (tertiary/aromatic N) is 1. The first kappa shape index (κ1) is 11.4. The molecule has 2 rings (SSSR count). The number of hydrogen-bond donors (Lipinski definition) is 0. The fraction of sp³-hybridized carbons (Fsp3) is 0.133. The Morgan fingerprint density at radius 1 is 0.941 bits per heavy atom. The van der Waals surface area contributed by atoms with Gasteiger partial charge in [0.05, 0.1) is 5.71 Å². The van der Waals surface area contributed by atoms with Gasteiger partial charge < -0.3 is 4.84 Å². The Morgan fingerprint density at radius 3 is 2.18 bits per heavy atom. The molecule has 0 saturated heterocycles. The van der Waals surface area contributed by atoms with E-state index in [4.69, 9.17) is 4.84 Å². The molecule has 0 atom stereocenters. The summed E-state index contributed by atoms with van der Waals surface area (Å²) in [6.07, 6.45) is 0. The van der Waals surface area contributed by atoms with Gasteiger partial charge in [0.25, 0.3) is 0 Å². The highest BCUT2D eigenvalue weighted by Gasteiger charge is 1.96. The number of oxime groups is 1. The number of hydrogen-bond acceptors (Lipinski definition) is 2. The zero-order chi connectivity index (χ0) is 11.9. The normalized spacial score (nSPS) is 11.2. The standard InChI is InChI=1S/C15H15NO/c1-13(15-10-6-3-7-11-15)16-17-12-14-8-4-2-5-9-14/h2-11H,12H2,1H3/b16-13+. The summed E-state index contributed by atoms with van der Waals surface area (Å²) in [5.74, 6) is 0. The van der Waals surface area contributed by atoms with Crippen LogP contribution in [-0.4, -0.2) is 5.71 Å².